The van der Waals surface area contributed by atoms with Crippen LogP contribution in [-0.2, 0) is 26.7 Å². The van der Waals surface area contributed by atoms with Crippen LogP contribution in [0.1, 0.15) is 20.3 Å². The summed E-state index contributed by atoms with van der Waals surface area (Å²) < 4.78 is 51.6. The first-order valence-electron chi connectivity index (χ1n) is 3.66. The van der Waals surface area contributed by atoms with E-state index in [0.717, 1.165) is 0 Å². The maximum atomic E-state index is 10.9. The van der Waals surface area contributed by atoms with Gasteiger partial charge in [0.1, 0.15) is 0 Å². The molecule has 0 bridgehead atoms. The van der Waals surface area contributed by atoms with Crippen LogP contribution in [0.25, 0.3) is 0 Å². The zero-order valence-corrected chi connectivity index (χ0v) is 9.02. The van der Waals surface area contributed by atoms with Crippen molar-refractivity contribution in [1.29, 1.82) is 0 Å². The Balaban J connectivity index is 4.64. The SMILES string of the molecule is CCCOS(=O)(=O)S(=O)(=O)OCC. The van der Waals surface area contributed by atoms with Gasteiger partial charge in [0, 0.05) is 0 Å². The van der Waals surface area contributed by atoms with Crippen LogP contribution < -0.4 is 0 Å². The fourth-order valence-corrected chi connectivity index (χ4v) is 2.54. The van der Waals surface area contributed by atoms with E-state index in [9.17, 15) is 16.8 Å². The highest BCUT2D eigenvalue weighted by Gasteiger charge is 2.31. The van der Waals surface area contributed by atoms with Crippen LogP contribution >= 0.6 is 0 Å². The van der Waals surface area contributed by atoms with Crippen LogP contribution in [0.4, 0.5) is 0 Å². The Hall–Kier alpha value is -0.180. The van der Waals surface area contributed by atoms with Crippen molar-refractivity contribution in [3.8, 4) is 0 Å². The predicted molar refractivity (Wildman–Crippen MR) is 45.7 cm³/mol. The summed E-state index contributed by atoms with van der Waals surface area (Å²) in [5, 5.41) is 0. The van der Waals surface area contributed by atoms with Crippen molar-refractivity contribution < 1.29 is 25.2 Å². The average molecular weight is 232 g/mol. The van der Waals surface area contributed by atoms with E-state index in [4.69, 9.17) is 0 Å². The monoisotopic (exact) mass is 232 g/mol. The van der Waals surface area contributed by atoms with Gasteiger partial charge in [-0.3, -0.25) is 8.37 Å². The normalized spacial score (nSPS) is 13.1. The summed E-state index contributed by atoms with van der Waals surface area (Å²) in [5.41, 5.74) is 0. The lowest BCUT2D eigenvalue weighted by Gasteiger charge is -2.03. The third-order valence-electron chi connectivity index (χ3n) is 0.944. The van der Waals surface area contributed by atoms with Crippen molar-refractivity contribution in [2.75, 3.05) is 13.2 Å². The number of rotatable bonds is 6. The van der Waals surface area contributed by atoms with E-state index in [1.54, 1.807) is 6.92 Å². The Morgan fingerprint density at radius 3 is 1.77 bits per heavy atom. The summed E-state index contributed by atoms with van der Waals surface area (Å²) in [6, 6.07) is 0. The molecular formula is C5H12O6S2. The first kappa shape index (κ1) is 12.8. The predicted octanol–water partition coefficient (Wildman–Crippen LogP) is 0.0241. The molecule has 0 unspecified atom stereocenters. The van der Waals surface area contributed by atoms with Crippen LogP contribution in [0.2, 0.25) is 0 Å². The summed E-state index contributed by atoms with van der Waals surface area (Å²) in [7, 11) is -9.27. The molecule has 0 saturated carbocycles. The van der Waals surface area contributed by atoms with Crippen LogP contribution in [0, 0.1) is 0 Å². The van der Waals surface area contributed by atoms with Crippen molar-refractivity contribution in [3.05, 3.63) is 0 Å². The zero-order valence-electron chi connectivity index (χ0n) is 7.39. The minimum absolute atomic E-state index is 0.172. The van der Waals surface area contributed by atoms with E-state index < -0.39 is 18.3 Å². The molecule has 0 N–H and O–H groups in total. The fourth-order valence-electron chi connectivity index (χ4n) is 0.448. The van der Waals surface area contributed by atoms with E-state index in [-0.39, 0.29) is 13.2 Å². The molecule has 0 saturated heterocycles. The standard InChI is InChI=1S/C5H12O6S2/c1-3-5-11-13(8,9)12(6,7)10-4-2/h3-5H2,1-2H3. The number of hydrogen-bond acceptors (Lipinski definition) is 6. The summed E-state index contributed by atoms with van der Waals surface area (Å²) in [6.45, 7) is 2.61. The molecule has 0 aliphatic heterocycles. The smallest absolute Gasteiger partial charge is 0.257 e. The lowest BCUT2D eigenvalue weighted by Crippen LogP contribution is -2.21. The van der Waals surface area contributed by atoms with Crippen molar-refractivity contribution >= 4 is 18.3 Å². The maximum absolute atomic E-state index is 10.9. The molecule has 8 heteroatoms. The summed E-state index contributed by atoms with van der Waals surface area (Å²) in [6.07, 6.45) is 0.404. The van der Waals surface area contributed by atoms with Gasteiger partial charge in [-0.2, -0.15) is 16.8 Å². The van der Waals surface area contributed by atoms with E-state index in [1.807, 2.05) is 0 Å². The number of hydrogen-bond donors (Lipinski definition) is 0. The largest absolute Gasteiger partial charge is 0.400 e. The van der Waals surface area contributed by atoms with Gasteiger partial charge in [0.25, 0.3) is 0 Å². The van der Waals surface area contributed by atoms with Gasteiger partial charge in [-0.15, -0.1) is 0 Å². The molecule has 0 atom stereocenters. The fraction of sp³-hybridized carbons (Fsp3) is 1.00. The van der Waals surface area contributed by atoms with Gasteiger partial charge in [0.05, 0.1) is 13.2 Å². The molecule has 0 rings (SSSR count). The Morgan fingerprint density at radius 1 is 0.923 bits per heavy atom. The van der Waals surface area contributed by atoms with Crippen molar-refractivity contribution in [2.45, 2.75) is 20.3 Å². The second-order valence-electron chi connectivity index (χ2n) is 2.04. The third-order valence-corrected chi connectivity index (χ3v) is 4.50. The second-order valence-corrected chi connectivity index (χ2v) is 6.60. The zero-order chi connectivity index (χ0) is 10.5. The van der Waals surface area contributed by atoms with Crippen LogP contribution in [0.15, 0.2) is 0 Å². The van der Waals surface area contributed by atoms with Gasteiger partial charge in [-0.1, -0.05) is 6.92 Å². The molecule has 0 amide bonds. The van der Waals surface area contributed by atoms with Gasteiger partial charge < -0.3 is 0 Å². The molecular weight excluding hydrogens is 220 g/mol. The molecule has 0 radical (unpaired) electrons. The van der Waals surface area contributed by atoms with Crippen LogP contribution in [-0.4, -0.2) is 30.0 Å². The van der Waals surface area contributed by atoms with Crippen molar-refractivity contribution in [2.24, 2.45) is 0 Å². The Labute approximate surface area is 77.5 Å². The lowest BCUT2D eigenvalue weighted by atomic mass is 10.5. The summed E-state index contributed by atoms with van der Waals surface area (Å²) >= 11 is 0. The minimum Gasteiger partial charge on any atom is -0.257 e. The quantitative estimate of drug-likeness (QED) is 0.600. The molecule has 0 spiro atoms. The minimum atomic E-state index is -4.63. The molecule has 13 heavy (non-hydrogen) atoms. The van der Waals surface area contributed by atoms with Gasteiger partial charge in [-0.25, -0.2) is 0 Å². The highest BCUT2D eigenvalue weighted by Crippen LogP contribution is 2.07. The third kappa shape index (κ3) is 3.59. The molecule has 0 heterocycles. The van der Waals surface area contributed by atoms with Crippen molar-refractivity contribution in [3.63, 3.8) is 0 Å². The second kappa shape index (κ2) is 4.89. The van der Waals surface area contributed by atoms with E-state index in [0.29, 0.717) is 6.42 Å². The van der Waals surface area contributed by atoms with E-state index in [2.05, 4.69) is 8.37 Å². The average Bonchev–Trinajstić information content (AvgIpc) is 2.00. The summed E-state index contributed by atoms with van der Waals surface area (Å²) in [5.74, 6) is 0. The van der Waals surface area contributed by atoms with Crippen LogP contribution in [0.3, 0.4) is 0 Å². The Morgan fingerprint density at radius 2 is 1.38 bits per heavy atom. The highest BCUT2D eigenvalue weighted by atomic mass is 33.2. The molecule has 0 aromatic carbocycles. The van der Waals surface area contributed by atoms with E-state index in [1.165, 1.54) is 6.92 Å². The molecule has 80 valence electrons. The van der Waals surface area contributed by atoms with Gasteiger partial charge in [0.2, 0.25) is 0 Å². The molecule has 0 aromatic rings. The topological polar surface area (TPSA) is 86.7 Å². The van der Waals surface area contributed by atoms with Crippen molar-refractivity contribution in [1.82, 2.24) is 0 Å². The van der Waals surface area contributed by atoms with Gasteiger partial charge in [-0.05, 0) is 13.3 Å². The first-order chi connectivity index (χ1) is 5.87. The molecule has 0 aliphatic rings. The van der Waals surface area contributed by atoms with Crippen LogP contribution in [0.5, 0.6) is 0 Å². The Bertz CT molecular complexity index is 326. The lowest BCUT2D eigenvalue weighted by molar-refractivity contribution is 0.309. The van der Waals surface area contributed by atoms with Gasteiger partial charge in [0.15, 0.2) is 0 Å². The molecule has 0 aliphatic carbocycles. The van der Waals surface area contributed by atoms with Gasteiger partial charge >= 0.3 is 18.3 Å². The molecule has 6 nitrogen and oxygen atoms in total. The molecule has 0 aromatic heterocycles. The highest BCUT2D eigenvalue weighted by molar-refractivity contribution is 8.63. The maximum Gasteiger partial charge on any atom is 0.400 e. The Kier molecular flexibility index (Phi) is 4.82. The summed E-state index contributed by atoms with van der Waals surface area (Å²) in [4.78, 5) is 0. The molecule has 0 fully saturated rings. The first-order valence-corrected chi connectivity index (χ1v) is 6.99. The van der Waals surface area contributed by atoms with E-state index >= 15 is 0 Å².